The summed E-state index contributed by atoms with van der Waals surface area (Å²) < 4.78 is 38.2. The first kappa shape index (κ1) is 14.5. The summed E-state index contributed by atoms with van der Waals surface area (Å²) in [5.74, 6) is -0.550. The highest BCUT2D eigenvalue weighted by molar-refractivity contribution is 7.90. The molecule has 8 heteroatoms. The van der Waals surface area contributed by atoms with E-state index in [-0.39, 0.29) is 11.4 Å². The molecule has 0 saturated carbocycles. The monoisotopic (exact) mass is 314 g/mol. The van der Waals surface area contributed by atoms with Crippen molar-refractivity contribution in [1.82, 2.24) is 10.0 Å². The van der Waals surface area contributed by atoms with Crippen LogP contribution in [0.15, 0.2) is 46.7 Å². The van der Waals surface area contributed by atoms with E-state index in [1.54, 1.807) is 0 Å². The maximum absolute atomic E-state index is 12.7. The van der Waals surface area contributed by atoms with Gasteiger partial charge in [-0.1, -0.05) is 6.07 Å². The zero-order valence-electron chi connectivity index (χ0n) is 10.2. The van der Waals surface area contributed by atoms with Crippen LogP contribution in [0.5, 0.6) is 0 Å². The van der Waals surface area contributed by atoms with Crippen molar-refractivity contribution < 1.29 is 17.6 Å². The predicted octanol–water partition coefficient (Wildman–Crippen LogP) is 2.08. The lowest BCUT2D eigenvalue weighted by Crippen LogP contribution is -2.38. The molecule has 2 aromatic rings. The quantitative estimate of drug-likeness (QED) is 0.907. The number of amides is 2. The lowest BCUT2D eigenvalue weighted by atomic mass is 10.4. The maximum Gasteiger partial charge on any atom is 0.328 e. The number of benzene rings is 1. The van der Waals surface area contributed by atoms with Gasteiger partial charge < -0.3 is 5.32 Å². The molecule has 0 aliphatic heterocycles. The third-order valence-corrected chi connectivity index (χ3v) is 4.58. The average Bonchev–Trinajstić information content (AvgIpc) is 2.89. The molecule has 0 bridgehead atoms. The molecule has 0 fully saturated rings. The van der Waals surface area contributed by atoms with Crippen molar-refractivity contribution in [3.8, 4) is 0 Å². The lowest BCUT2D eigenvalue weighted by molar-refractivity contribution is 0.245. The molecule has 0 unspecified atom stereocenters. The molecular formula is C12H11FN2O3S2. The number of hydrogen-bond donors (Lipinski definition) is 2. The Hall–Kier alpha value is -1.93. The number of hydrogen-bond acceptors (Lipinski definition) is 4. The van der Waals surface area contributed by atoms with E-state index >= 15 is 0 Å². The normalized spacial score (nSPS) is 11.1. The molecule has 0 spiro atoms. The molecule has 0 saturated heterocycles. The SMILES string of the molecule is O=C(NCc1cccs1)NS(=O)(=O)c1ccc(F)cc1. The van der Waals surface area contributed by atoms with Crippen molar-refractivity contribution in [2.45, 2.75) is 11.4 Å². The number of carbonyl (C=O) groups is 1. The zero-order chi connectivity index (χ0) is 14.6. The van der Waals surface area contributed by atoms with Gasteiger partial charge in [0.1, 0.15) is 5.82 Å². The molecule has 1 aromatic carbocycles. The molecule has 5 nitrogen and oxygen atoms in total. The first-order valence-corrected chi connectivity index (χ1v) is 7.92. The van der Waals surface area contributed by atoms with Gasteiger partial charge >= 0.3 is 6.03 Å². The van der Waals surface area contributed by atoms with Crippen LogP contribution in [0.25, 0.3) is 0 Å². The Kier molecular flexibility index (Phi) is 4.35. The fraction of sp³-hybridized carbons (Fsp3) is 0.0833. The Morgan fingerprint density at radius 3 is 2.50 bits per heavy atom. The van der Waals surface area contributed by atoms with Crippen molar-refractivity contribution >= 4 is 27.4 Å². The van der Waals surface area contributed by atoms with Crippen molar-refractivity contribution in [1.29, 1.82) is 0 Å². The Labute approximate surface area is 119 Å². The van der Waals surface area contributed by atoms with Crippen LogP contribution in [0.4, 0.5) is 9.18 Å². The van der Waals surface area contributed by atoms with Crippen LogP contribution in [0.1, 0.15) is 4.88 Å². The summed E-state index contributed by atoms with van der Waals surface area (Å²) >= 11 is 1.45. The second-order valence-electron chi connectivity index (χ2n) is 3.82. The van der Waals surface area contributed by atoms with Crippen molar-refractivity contribution in [2.24, 2.45) is 0 Å². The predicted molar refractivity (Wildman–Crippen MR) is 73.3 cm³/mol. The van der Waals surface area contributed by atoms with Gasteiger partial charge in [-0.2, -0.15) is 0 Å². The molecule has 2 N–H and O–H groups in total. The number of halogens is 1. The fourth-order valence-corrected chi connectivity index (χ4v) is 2.98. The second kappa shape index (κ2) is 6.02. The third-order valence-electron chi connectivity index (χ3n) is 2.35. The van der Waals surface area contributed by atoms with Crippen LogP contribution in [0.2, 0.25) is 0 Å². The highest BCUT2D eigenvalue weighted by Crippen LogP contribution is 2.10. The number of nitrogens with one attached hydrogen (secondary N) is 2. The highest BCUT2D eigenvalue weighted by Gasteiger charge is 2.17. The van der Waals surface area contributed by atoms with Crippen LogP contribution in [0.3, 0.4) is 0 Å². The van der Waals surface area contributed by atoms with Gasteiger partial charge in [0, 0.05) is 4.88 Å². The van der Waals surface area contributed by atoms with Gasteiger partial charge in [0.2, 0.25) is 0 Å². The molecule has 1 aromatic heterocycles. The molecule has 0 aliphatic rings. The number of carbonyl (C=O) groups excluding carboxylic acids is 1. The molecule has 2 amide bonds. The second-order valence-corrected chi connectivity index (χ2v) is 6.54. The molecule has 0 aliphatic carbocycles. The van der Waals surface area contributed by atoms with Gasteiger partial charge in [-0.15, -0.1) is 11.3 Å². The number of thiophene rings is 1. The number of sulfonamides is 1. The van der Waals surface area contributed by atoms with Crippen molar-refractivity contribution in [3.63, 3.8) is 0 Å². The highest BCUT2D eigenvalue weighted by atomic mass is 32.2. The van der Waals surface area contributed by atoms with Crippen LogP contribution < -0.4 is 10.0 Å². The van der Waals surface area contributed by atoms with Gasteiger partial charge in [0.15, 0.2) is 0 Å². The van der Waals surface area contributed by atoms with E-state index in [0.29, 0.717) is 0 Å². The van der Waals surface area contributed by atoms with Gasteiger partial charge in [-0.05, 0) is 35.7 Å². The fourth-order valence-electron chi connectivity index (χ4n) is 1.41. The van der Waals surface area contributed by atoms with Gasteiger partial charge in [-0.3, -0.25) is 0 Å². The smallest absolute Gasteiger partial charge is 0.328 e. The summed E-state index contributed by atoms with van der Waals surface area (Å²) in [6.07, 6.45) is 0. The number of rotatable bonds is 4. The number of urea groups is 1. The van der Waals surface area contributed by atoms with Crippen LogP contribution >= 0.6 is 11.3 Å². The molecule has 1 heterocycles. The van der Waals surface area contributed by atoms with E-state index < -0.39 is 21.9 Å². The summed E-state index contributed by atoms with van der Waals surface area (Å²) in [7, 11) is -3.99. The first-order valence-electron chi connectivity index (χ1n) is 5.56. The lowest BCUT2D eigenvalue weighted by Gasteiger charge is -2.07. The summed E-state index contributed by atoms with van der Waals surface area (Å²) in [6, 6.07) is 7.02. The van der Waals surface area contributed by atoms with Crippen molar-refractivity contribution in [2.75, 3.05) is 0 Å². The molecular weight excluding hydrogens is 303 g/mol. The van der Waals surface area contributed by atoms with E-state index in [0.717, 1.165) is 29.1 Å². The third kappa shape index (κ3) is 3.78. The molecule has 0 radical (unpaired) electrons. The molecule has 0 atom stereocenters. The molecule has 20 heavy (non-hydrogen) atoms. The van der Waals surface area contributed by atoms with E-state index in [2.05, 4.69) is 5.32 Å². The summed E-state index contributed by atoms with van der Waals surface area (Å²) in [5.41, 5.74) is 0. The van der Waals surface area contributed by atoms with Crippen LogP contribution in [-0.2, 0) is 16.6 Å². The summed E-state index contributed by atoms with van der Waals surface area (Å²) in [4.78, 5) is 12.2. The topological polar surface area (TPSA) is 75.3 Å². The van der Waals surface area contributed by atoms with Gasteiger partial charge in [0.25, 0.3) is 10.0 Å². The van der Waals surface area contributed by atoms with E-state index in [1.807, 2.05) is 22.2 Å². The van der Waals surface area contributed by atoms with E-state index in [9.17, 15) is 17.6 Å². The minimum absolute atomic E-state index is 0.176. The minimum Gasteiger partial charge on any atom is -0.332 e. The van der Waals surface area contributed by atoms with Gasteiger partial charge in [0.05, 0.1) is 11.4 Å². The Balaban J connectivity index is 1.97. The summed E-state index contributed by atoms with van der Waals surface area (Å²) in [6.45, 7) is 0.239. The van der Waals surface area contributed by atoms with E-state index in [4.69, 9.17) is 0 Å². The van der Waals surface area contributed by atoms with E-state index in [1.165, 1.54) is 11.3 Å². The first-order chi connectivity index (χ1) is 9.47. The Morgan fingerprint density at radius 2 is 1.90 bits per heavy atom. The molecule has 2 rings (SSSR count). The van der Waals surface area contributed by atoms with Gasteiger partial charge in [-0.25, -0.2) is 22.3 Å². The minimum atomic E-state index is -3.99. The average molecular weight is 314 g/mol. The van der Waals surface area contributed by atoms with Crippen LogP contribution in [0, 0.1) is 5.82 Å². The maximum atomic E-state index is 12.7. The molecule has 106 valence electrons. The van der Waals surface area contributed by atoms with Crippen molar-refractivity contribution in [3.05, 3.63) is 52.5 Å². The standard InChI is InChI=1S/C12H11FN2O3S2/c13-9-3-5-11(6-4-9)20(17,18)15-12(16)14-8-10-2-1-7-19-10/h1-7H,8H2,(H2,14,15,16). The summed E-state index contributed by atoms with van der Waals surface area (Å²) in [5, 5.41) is 4.28. The largest absolute Gasteiger partial charge is 0.332 e. The Morgan fingerprint density at radius 1 is 1.20 bits per heavy atom. The Bertz CT molecular complexity index is 682. The zero-order valence-corrected chi connectivity index (χ0v) is 11.8. The van der Waals surface area contributed by atoms with Crippen LogP contribution in [-0.4, -0.2) is 14.4 Å².